The molecule has 0 aliphatic heterocycles. The quantitative estimate of drug-likeness (QED) is 0.300. The molecule has 0 fully saturated rings. The highest BCUT2D eigenvalue weighted by Crippen LogP contribution is 2.14. The first kappa shape index (κ1) is 15.6. The highest BCUT2D eigenvalue weighted by molar-refractivity contribution is 6.17. The number of halogens is 1. The van der Waals surface area contributed by atoms with E-state index >= 15 is 0 Å². The predicted octanol–water partition coefficient (Wildman–Crippen LogP) is 3.70. The van der Waals surface area contributed by atoms with Gasteiger partial charge in [0.15, 0.2) is 0 Å². The van der Waals surface area contributed by atoms with Gasteiger partial charge in [-0.3, -0.25) is 4.79 Å². The highest BCUT2D eigenvalue weighted by Gasteiger charge is 2.01. The van der Waals surface area contributed by atoms with E-state index in [9.17, 15) is 4.79 Å². The summed E-state index contributed by atoms with van der Waals surface area (Å²) in [5.74, 6) is 1.14. The summed E-state index contributed by atoms with van der Waals surface area (Å²) in [5, 5.41) is 0. The van der Waals surface area contributed by atoms with E-state index in [4.69, 9.17) is 21.1 Å². The summed E-state index contributed by atoms with van der Waals surface area (Å²) < 4.78 is 10.4. The minimum absolute atomic E-state index is 0.189. The number of benzene rings is 1. The molecule has 0 radical (unpaired) electrons. The van der Waals surface area contributed by atoms with Gasteiger partial charge in [0.1, 0.15) is 12.4 Å². The number of carbonyl (C=O) groups excluding carboxylic acids is 1. The lowest BCUT2D eigenvalue weighted by atomic mass is 10.2. The van der Waals surface area contributed by atoms with E-state index in [-0.39, 0.29) is 12.6 Å². The van der Waals surface area contributed by atoms with Crippen molar-refractivity contribution in [2.75, 3.05) is 13.2 Å². The monoisotopic (exact) mass is 282 g/mol. The molecule has 0 unspecified atom stereocenters. The Hall–Kier alpha value is -1.48. The Labute approximate surface area is 119 Å². The smallest absolute Gasteiger partial charge is 0.306 e. The SMILES string of the molecule is C=CCOC(=O)CCCCOc1ccc(CCl)cc1. The fraction of sp³-hybridized carbons (Fsp3) is 0.400. The highest BCUT2D eigenvalue weighted by atomic mass is 35.5. The first-order valence-electron chi connectivity index (χ1n) is 6.30. The summed E-state index contributed by atoms with van der Waals surface area (Å²) >= 11 is 5.70. The van der Waals surface area contributed by atoms with Crippen molar-refractivity contribution in [2.24, 2.45) is 0 Å². The average molecular weight is 283 g/mol. The molecular formula is C15H19ClO3. The molecule has 0 saturated carbocycles. The number of carbonyl (C=O) groups is 1. The van der Waals surface area contributed by atoms with E-state index in [1.807, 2.05) is 24.3 Å². The summed E-state index contributed by atoms with van der Waals surface area (Å²) in [5.41, 5.74) is 1.07. The minimum atomic E-state index is -0.189. The number of alkyl halides is 1. The maximum absolute atomic E-state index is 11.2. The maximum atomic E-state index is 11.2. The zero-order chi connectivity index (χ0) is 13.9. The van der Waals surface area contributed by atoms with Crippen LogP contribution in [0.3, 0.4) is 0 Å². The van der Waals surface area contributed by atoms with Gasteiger partial charge in [-0.15, -0.1) is 11.6 Å². The van der Waals surface area contributed by atoms with E-state index in [1.54, 1.807) is 6.08 Å². The van der Waals surface area contributed by atoms with Crippen molar-refractivity contribution in [3.63, 3.8) is 0 Å². The van der Waals surface area contributed by atoms with E-state index in [2.05, 4.69) is 6.58 Å². The maximum Gasteiger partial charge on any atom is 0.306 e. The minimum Gasteiger partial charge on any atom is -0.494 e. The molecular weight excluding hydrogens is 264 g/mol. The zero-order valence-electron chi connectivity index (χ0n) is 10.9. The van der Waals surface area contributed by atoms with Gasteiger partial charge in [-0.05, 0) is 30.5 Å². The molecule has 19 heavy (non-hydrogen) atoms. The van der Waals surface area contributed by atoms with Gasteiger partial charge in [0.25, 0.3) is 0 Å². The number of esters is 1. The first-order chi connectivity index (χ1) is 9.26. The van der Waals surface area contributed by atoms with Crippen LogP contribution in [0.4, 0.5) is 0 Å². The van der Waals surface area contributed by atoms with Crippen molar-refractivity contribution in [3.05, 3.63) is 42.5 Å². The van der Waals surface area contributed by atoms with Gasteiger partial charge in [0, 0.05) is 12.3 Å². The van der Waals surface area contributed by atoms with Crippen molar-refractivity contribution in [1.82, 2.24) is 0 Å². The lowest BCUT2D eigenvalue weighted by molar-refractivity contribution is -0.142. The Kier molecular flexibility index (Phi) is 7.75. The van der Waals surface area contributed by atoms with Crippen LogP contribution in [0.25, 0.3) is 0 Å². The Morgan fingerprint density at radius 3 is 2.63 bits per heavy atom. The van der Waals surface area contributed by atoms with Gasteiger partial charge in [-0.1, -0.05) is 24.8 Å². The van der Waals surface area contributed by atoms with Crippen LogP contribution in [-0.4, -0.2) is 19.2 Å². The Morgan fingerprint density at radius 2 is 2.00 bits per heavy atom. The van der Waals surface area contributed by atoms with Crippen LogP contribution < -0.4 is 4.74 Å². The molecule has 0 spiro atoms. The lowest BCUT2D eigenvalue weighted by Crippen LogP contribution is -2.05. The zero-order valence-corrected chi connectivity index (χ0v) is 11.7. The molecule has 0 aliphatic rings. The molecule has 0 amide bonds. The molecule has 1 rings (SSSR count). The van der Waals surface area contributed by atoms with Gasteiger partial charge in [0.05, 0.1) is 6.61 Å². The standard InChI is InChI=1S/C15H19ClO3/c1-2-10-19-15(17)5-3-4-11-18-14-8-6-13(12-16)7-9-14/h2,6-9H,1,3-5,10-12H2. The van der Waals surface area contributed by atoms with Crippen LogP contribution in [0.1, 0.15) is 24.8 Å². The van der Waals surface area contributed by atoms with Crippen molar-refractivity contribution in [2.45, 2.75) is 25.1 Å². The van der Waals surface area contributed by atoms with Crippen LogP contribution in [0.2, 0.25) is 0 Å². The number of ether oxygens (including phenoxy) is 2. The second kappa shape index (κ2) is 9.45. The molecule has 0 atom stereocenters. The molecule has 0 aliphatic carbocycles. The Morgan fingerprint density at radius 1 is 1.26 bits per heavy atom. The van der Waals surface area contributed by atoms with Crippen LogP contribution in [0.5, 0.6) is 5.75 Å². The van der Waals surface area contributed by atoms with Gasteiger partial charge in [-0.2, -0.15) is 0 Å². The van der Waals surface area contributed by atoms with Crippen molar-refractivity contribution in [3.8, 4) is 5.75 Å². The summed E-state index contributed by atoms with van der Waals surface area (Å²) in [6.45, 7) is 4.35. The first-order valence-corrected chi connectivity index (χ1v) is 6.84. The number of unbranched alkanes of at least 4 members (excludes halogenated alkanes) is 1. The third-order valence-electron chi connectivity index (χ3n) is 2.48. The van der Waals surface area contributed by atoms with Crippen LogP contribution in [0.15, 0.2) is 36.9 Å². The van der Waals surface area contributed by atoms with Crippen LogP contribution in [0, 0.1) is 0 Å². The third kappa shape index (κ3) is 6.87. The normalized spacial score (nSPS) is 9.95. The molecule has 104 valence electrons. The summed E-state index contributed by atoms with van der Waals surface area (Å²) in [7, 11) is 0. The molecule has 0 saturated heterocycles. The molecule has 4 heteroatoms. The molecule has 0 heterocycles. The van der Waals surface area contributed by atoms with E-state index in [1.165, 1.54) is 0 Å². The largest absolute Gasteiger partial charge is 0.494 e. The fourth-order valence-electron chi connectivity index (χ4n) is 1.46. The molecule has 0 N–H and O–H groups in total. The summed E-state index contributed by atoms with van der Waals surface area (Å²) in [6.07, 6.45) is 3.56. The van der Waals surface area contributed by atoms with Gasteiger partial charge >= 0.3 is 5.97 Å². The third-order valence-corrected chi connectivity index (χ3v) is 2.79. The summed E-state index contributed by atoms with van der Waals surface area (Å²) in [4.78, 5) is 11.2. The van der Waals surface area contributed by atoms with Crippen LogP contribution >= 0.6 is 11.6 Å². The molecule has 0 aromatic heterocycles. The topological polar surface area (TPSA) is 35.5 Å². The second-order valence-corrected chi connectivity index (χ2v) is 4.32. The second-order valence-electron chi connectivity index (χ2n) is 4.05. The van der Waals surface area contributed by atoms with Crippen molar-refractivity contribution in [1.29, 1.82) is 0 Å². The van der Waals surface area contributed by atoms with Gasteiger partial charge < -0.3 is 9.47 Å². The number of hydrogen-bond acceptors (Lipinski definition) is 3. The van der Waals surface area contributed by atoms with Gasteiger partial charge in [0.2, 0.25) is 0 Å². The fourth-order valence-corrected chi connectivity index (χ4v) is 1.64. The average Bonchev–Trinajstić information content (AvgIpc) is 2.45. The van der Waals surface area contributed by atoms with Crippen molar-refractivity contribution < 1.29 is 14.3 Å². The Balaban J connectivity index is 2.09. The molecule has 1 aromatic carbocycles. The molecule has 1 aromatic rings. The number of rotatable bonds is 9. The van der Waals surface area contributed by atoms with Crippen molar-refractivity contribution >= 4 is 17.6 Å². The lowest BCUT2D eigenvalue weighted by Gasteiger charge is -2.06. The van der Waals surface area contributed by atoms with E-state index in [0.29, 0.717) is 18.9 Å². The molecule has 0 bridgehead atoms. The summed E-state index contributed by atoms with van der Waals surface area (Å²) in [6, 6.07) is 7.68. The van der Waals surface area contributed by atoms with Crippen LogP contribution in [-0.2, 0) is 15.4 Å². The van der Waals surface area contributed by atoms with E-state index < -0.39 is 0 Å². The molecule has 3 nitrogen and oxygen atoms in total. The number of hydrogen-bond donors (Lipinski definition) is 0. The van der Waals surface area contributed by atoms with Gasteiger partial charge in [-0.25, -0.2) is 0 Å². The van der Waals surface area contributed by atoms with E-state index in [0.717, 1.165) is 24.2 Å². The predicted molar refractivity (Wildman–Crippen MR) is 76.5 cm³/mol. The Bertz CT molecular complexity index is 387.